The van der Waals surface area contributed by atoms with Gasteiger partial charge in [-0.15, -0.1) is 0 Å². The van der Waals surface area contributed by atoms with E-state index in [0.717, 1.165) is 19.3 Å². The summed E-state index contributed by atoms with van der Waals surface area (Å²) in [5, 5.41) is 5.10. The van der Waals surface area contributed by atoms with E-state index in [-0.39, 0.29) is 31.0 Å². The third-order valence-electron chi connectivity index (χ3n) is 5.18. The molecule has 7 nitrogen and oxygen atoms in total. The summed E-state index contributed by atoms with van der Waals surface area (Å²) < 4.78 is 23.7. The maximum atomic E-state index is 12.6. The zero-order valence-electron chi connectivity index (χ0n) is 11.4. The minimum Gasteiger partial charge on any atom is -0.340 e. The van der Waals surface area contributed by atoms with E-state index in [2.05, 4.69) is 0 Å². The summed E-state index contributed by atoms with van der Waals surface area (Å²) in [7, 11) is -3.64. The molecule has 3 rings (SSSR count). The predicted octanol–water partition coefficient (Wildman–Crippen LogP) is -1.29. The average Bonchev–Trinajstić information content (AvgIpc) is 2.98. The van der Waals surface area contributed by atoms with E-state index >= 15 is 0 Å². The zero-order valence-corrected chi connectivity index (χ0v) is 12.3. The first kappa shape index (κ1) is 14.2. The van der Waals surface area contributed by atoms with Gasteiger partial charge in [0.2, 0.25) is 5.91 Å². The molecule has 2 bridgehead atoms. The van der Waals surface area contributed by atoms with Crippen LogP contribution < -0.4 is 10.9 Å². The van der Waals surface area contributed by atoms with Gasteiger partial charge in [0.05, 0.1) is 5.92 Å². The molecule has 114 valence electrons. The molecule has 20 heavy (non-hydrogen) atoms. The normalized spacial score (nSPS) is 38.4. The molecule has 2 aliphatic carbocycles. The fourth-order valence-corrected chi connectivity index (χ4v) is 4.75. The van der Waals surface area contributed by atoms with Crippen LogP contribution in [0.1, 0.15) is 19.3 Å². The van der Waals surface area contributed by atoms with Crippen molar-refractivity contribution in [2.45, 2.75) is 25.3 Å². The molecule has 2 saturated carbocycles. The number of fused-ring (bicyclic) bond motifs is 2. The van der Waals surface area contributed by atoms with Crippen molar-refractivity contribution in [3.63, 3.8) is 0 Å². The molecule has 0 aromatic carbocycles. The summed E-state index contributed by atoms with van der Waals surface area (Å²) in [6, 6.07) is -0.0162. The topological polar surface area (TPSA) is 110 Å². The number of hydrogen-bond donors (Lipinski definition) is 2. The number of amides is 1. The van der Waals surface area contributed by atoms with Gasteiger partial charge >= 0.3 is 0 Å². The number of nitrogens with two attached hydrogens (primary N) is 2. The number of piperazine rings is 1. The monoisotopic (exact) mass is 302 g/mol. The zero-order chi connectivity index (χ0) is 14.5. The van der Waals surface area contributed by atoms with Crippen molar-refractivity contribution in [2.75, 3.05) is 26.2 Å². The molecule has 1 heterocycles. The van der Waals surface area contributed by atoms with Crippen LogP contribution in [-0.2, 0) is 15.0 Å². The van der Waals surface area contributed by atoms with E-state index in [1.807, 2.05) is 0 Å². The first-order valence-electron chi connectivity index (χ1n) is 7.20. The summed E-state index contributed by atoms with van der Waals surface area (Å²) >= 11 is 0. The third kappa shape index (κ3) is 2.34. The number of hydrogen-bond acceptors (Lipinski definition) is 4. The van der Waals surface area contributed by atoms with Crippen molar-refractivity contribution < 1.29 is 13.2 Å². The predicted molar refractivity (Wildman–Crippen MR) is 73.6 cm³/mol. The second-order valence-electron chi connectivity index (χ2n) is 6.21. The van der Waals surface area contributed by atoms with Crippen molar-refractivity contribution in [3.8, 4) is 0 Å². The van der Waals surface area contributed by atoms with Crippen LogP contribution in [0.25, 0.3) is 0 Å². The Kier molecular flexibility index (Phi) is 3.52. The maximum Gasteiger partial charge on any atom is 0.277 e. The van der Waals surface area contributed by atoms with Crippen LogP contribution in [-0.4, -0.2) is 55.8 Å². The summed E-state index contributed by atoms with van der Waals surface area (Å²) in [6.07, 6.45) is 3.33. The van der Waals surface area contributed by atoms with Crippen molar-refractivity contribution in [1.82, 2.24) is 9.21 Å². The Labute approximate surface area is 119 Å². The fraction of sp³-hybridized carbons (Fsp3) is 0.917. The molecule has 0 spiro atoms. The summed E-state index contributed by atoms with van der Waals surface area (Å²) in [5.41, 5.74) is 6.19. The van der Waals surface area contributed by atoms with Gasteiger partial charge in [-0.05, 0) is 31.1 Å². The highest BCUT2D eigenvalue weighted by molar-refractivity contribution is 7.86. The molecule has 3 aliphatic rings. The van der Waals surface area contributed by atoms with Gasteiger partial charge in [0.15, 0.2) is 0 Å². The lowest BCUT2D eigenvalue weighted by Crippen LogP contribution is -2.55. The Morgan fingerprint density at radius 1 is 1.05 bits per heavy atom. The summed E-state index contributed by atoms with van der Waals surface area (Å²) in [6.45, 7) is 1.38. The number of carbonyl (C=O) groups excluding carboxylic acids is 1. The average molecular weight is 302 g/mol. The van der Waals surface area contributed by atoms with Crippen molar-refractivity contribution >= 4 is 16.1 Å². The van der Waals surface area contributed by atoms with Gasteiger partial charge in [0, 0.05) is 32.2 Å². The van der Waals surface area contributed by atoms with Gasteiger partial charge in [-0.3, -0.25) is 4.79 Å². The Morgan fingerprint density at radius 3 is 2.15 bits per heavy atom. The Morgan fingerprint density at radius 2 is 1.65 bits per heavy atom. The van der Waals surface area contributed by atoms with Crippen molar-refractivity contribution in [2.24, 2.45) is 28.6 Å². The standard InChI is InChI=1S/C12H22N4O3S/c13-11-9-2-1-8(7-9)10(11)12(17)15-3-5-16(6-4-15)20(14,18)19/h8-11H,1-7,13H2,(H2,14,18,19). The smallest absolute Gasteiger partial charge is 0.277 e. The van der Waals surface area contributed by atoms with Gasteiger partial charge in [-0.25, -0.2) is 5.14 Å². The molecule has 4 atom stereocenters. The van der Waals surface area contributed by atoms with Gasteiger partial charge in [0.25, 0.3) is 10.2 Å². The number of nitrogens with zero attached hydrogens (tertiary/aromatic N) is 2. The van der Waals surface area contributed by atoms with Crippen LogP contribution in [0.3, 0.4) is 0 Å². The molecule has 4 unspecified atom stereocenters. The van der Waals surface area contributed by atoms with Crippen LogP contribution in [0.2, 0.25) is 0 Å². The van der Waals surface area contributed by atoms with Crippen LogP contribution >= 0.6 is 0 Å². The van der Waals surface area contributed by atoms with Crippen LogP contribution in [0, 0.1) is 17.8 Å². The lowest BCUT2D eigenvalue weighted by molar-refractivity contribution is -0.139. The molecule has 1 saturated heterocycles. The van der Waals surface area contributed by atoms with Crippen LogP contribution in [0.4, 0.5) is 0 Å². The molecular formula is C12H22N4O3S. The lowest BCUT2D eigenvalue weighted by atomic mass is 9.84. The van der Waals surface area contributed by atoms with E-state index in [4.69, 9.17) is 10.9 Å². The molecule has 3 fully saturated rings. The molecule has 0 radical (unpaired) electrons. The van der Waals surface area contributed by atoms with Crippen LogP contribution in [0.15, 0.2) is 0 Å². The van der Waals surface area contributed by atoms with E-state index in [0.29, 0.717) is 24.9 Å². The third-order valence-corrected chi connectivity index (χ3v) is 6.26. The van der Waals surface area contributed by atoms with E-state index in [1.54, 1.807) is 4.90 Å². The highest BCUT2D eigenvalue weighted by Gasteiger charge is 2.50. The Balaban J connectivity index is 1.63. The largest absolute Gasteiger partial charge is 0.340 e. The van der Waals surface area contributed by atoms with Gasteiger partial charge in [-0.2, -0.15) is 12.7 Å². The molecule has 1 amide bonds. The highest BCUT2D eigenvalue weighted by atomic mass is 32.2. The second-order valence-corrected chi connectivity index (χ2v) is 7.75. The van der Waals surface area contributed by atoms with E-state index < -0.39 is 10.2 Å². The van der Waals surface area contributed by atoms with Crippen molar-refractivity contribution in [3.05, 3.63) is 0 Å². The van der Waals surface area contributed by atoms with Crippen molar-refractivity contribution in [1.29, 1.82) is 0 Å². The van der Waals surface area contributed by atoms with Gasteiger partial charge in [-0.1, -0.05) is 0 Å². The lowest BCUT2D eigenvalue weighted by Gasteiger charge is -2.37. The molecule has 8 heteroatoms. The summed E-state index contributed by atoms with van der Waals surface area (Å²) in [4.78, 5) is 14.4. The first-order valence-corrected chi connectivity index (χ1v) is 8.70. The minimum atomic E-state index is -3.64. The summed E-state index contributed by atoms with van der Waals surface area (Å²) in [5.74, 6) is 0.979. The molecular weight excluding hydrogens is 280 g/mol. The molecule has 0 aromatic rings. The van der Waals surface area contributed by atoms with Gasteiger partial charge in [0.1, 0.15) is 0 Å². The Hall–Kier alpha value is -0.700. The van der Waals surface area contributed by atoms with Crippen LogP contribution in [0.5, 0.6) is 0 Å². The number of rotatable bonds is 2. The first-order chi connectivity index (χ1) is 9.38. The Bertz CT molecular complexity index is 499. The minimum absolute atomic E-state index is 0.0162. The highest BCUT2D eigenvalue weighted by Crippen LogP contribution is 2.48. The van der Waals surface area contributed by atoms with E-state index in [1.165, 1.54) is 4.31 Å². The fourth-order valence-electron chi connectivity index (χ4n) is 4.08. The SMILES string of the molecule is NC1C2CCC(C2)C1C(=O)N1CCN(S(N)(=O)=O)CC1. The second kappa shape index (κ2) is 4.94. The van der Waals surface area contributed by atoms with E-state index in [9.17, 15) is 13.2 Å². The van der Waals surface area contributed by atoms with Gasteiger partial charge < -0.3 is 10.6 Å². The molecule has 1 aliphatic heterocycles. The maximum absolute atomic E-state index is 12.6. The quantitative estimate of drug-likeness (QED) is 0.661. The molecule has 0 aromatic heterocycles. The molecule has 4 N–H and O–H groups in total. The number of carbonyl (C=O) groups is 1.